The molecule has 0 saturated carbocycles. The van der Waals surface area contributed by atoms with Crippen molar-refractivity contribution in [2.24, 2.45) is 12.0 Å². The van der Waals surface area contributed by atoms with Gasteiger partial charge in [0.05, 0.1) is 11.9 Å². The third-order valence-electron chi connectivity index (χ3n) is 5.17. The van der Waals surface area contributed by atoms with Gasteiger partial charge in [-0.15, -0.1) is 24.0 Å². The number of para-hydroxylation sites is 1. The summed E-state index contributed by atoms with van der Waals surface area (Å²) in [6.07, 6.45) is 3.58. The van der Waals surface area contributed by atoms with Crippen molar-refractivity contribution in [1.29, 1.82) is 0 Å². The molecule has 30 heavy (non-hydrogen) atoms. The number of nitrogens with one attached hydrogen (secondary N) is 1. The van der Waals surface area contributed by atoms with Gasteiger partial charge in [-0.1, -0.05) is 18.2 Å². The van der Waals surface area contributed by atoms with Gasteiger partial charge in [0.15, 0.2) is 5.96 Å². The molecule has 0 atom stereocenters. The highest BCUT2D eigenvalue weighted by atomic mass is 127. The monoisotopic (exact) mass is 522 g/mol. The molecule has 1 fully saturated rings. The topological polar surface area (TPSA) is 78.9 Å². The summed E-state index contributed by atoms with van der Waals surface area (Å²) in [5.74, 6) is 1.61. The van der Waals surface area contributed by atoms with Crippen molar-refractivity contribution >= 4 is 52.5 Å². The highest BCUT2D eigenvalue weighted by molar-refractivity contribution is 14.0. The Labute approximate surface area is 192 Å². The summed E-state index contributed by atoms with van der Waals surface area (Å²) < 4.78 is 7.68. The zero-order valence-electron chi connectivity index (χ0n) is 17.5. The van der Waals surface area contributed by atoms with Crippen LogP contribution < -0.4 is 10.2 Å². The van der Waals surface area contributed by atoms with E-state index in [4.69, 9.17) is 9.41 Å². The van der Waals surface area contributed by atoms with Gasteiger partial charge in [0, 0.05) is 43.8 Å². The van der Waals surface area contributed by atoms with E-state index in [0.717, 1.165) is 40.5 Å². The normalized spacial score (nSPS) is 14.9. The Morgan fingerprint density at radius 3 is 2.77 bits per heavy atom. The summed E-state index contributed by atoms with van der Waals surface area (Å²) in [5, 5.41) is 8.58. The number of guanidine groups is 1. The lowest BCUT2D eigenvalue weighted by Gasteiger charge is -2.35. The van der Waals surface area contributed by atoms with Gasteiger partial charge in [-0.3, -0.25) is 9.48 Å². The number of nitrogens with zero attached hydrogens (tertiary/aromatic N) is 5. The van der Waals surface area contributed by atoms with E-state index in [9.17, 15) is 4.79 Å². The number of hydrogen-bond acceptors (Lipinski definition) is 4. The Hall–Kier alpha value is -2.56. The van der Waals surface area contributed by atoms with Crippen molar-refractivity contribution in [3.63, 3.8) is 0 Å². The Bertz CT molecular complexity index is 1060. The number of fused-ring (bicyclic) bond motifs is 1. The third-order valence-corrected chi connectivity index (χ3v) is 5.17. The fourth-order valence-corrected chi connectivity index (χ4v) is 3.62. The molecule has 4 rings (SSSR count). The number of anilines is 1. The van der Waals surface area contributed by atoms with Gasteiger partial charge in [0.2, 0.25) is 5.91 Å². The van der Waals surface area contributed by atoms with Crippen LogP contribution in [0.1, 0.15) is 18.2 Å². The largest absolute Gasteiger partial charge is 0.459 e. The number of halogens is 1. The Balaban J connectivity index is 0.00000256. The van der Waals surface area contributed by atoms with Crippen LogP contribution in [0.4, 0.5) is 5.69 Å². The number of benzene rings is 1. The summed E-state index contributed by atoms with van der Waals surface area (Å²) in [4.78, 5) is 21.2. The summed E-state index contributed by atoms with van der Waals surface area (Å²) >= 11 is 0. The number of carbonyl (C=O) groups excluding carboxylic acids is 1. The van der Waals surface area contributed by atoms with Gasteiger partial charge in [0.1, 0.15) is 24.4 Å². The van der Waals surface area contributed by atoms with E-state index in [0.29, 0.717) is 19.6 Å². The molecule has 0 bridgehead atoms. The number of hydrogen-bond donors (Lipinski definition) is 1. The predicted molar refractivity (Wildman–Crippen MR) is 128 cm³/mol. The first-order valence-electron chi connectivity index (χ1n) is 9.86. The standard InChI is InChI=1S/C21H26N6O2.HI/c1-4-22-21(23-12-19-15(2)17-7-5-6-8-18(17)29-19)26-9-10-27(20(28)14-26)16-11-24-25(3)13-16;/h5-8,11,13H,4,9-10,12,14H2,1-3H3,(H,22,23);1H. The van der Waals surface area contributed by atoms with Gasteiger partial charge >= 0.3 is 0 Å². The lowest BCUT2D eigenvalue weighted by atomic mass is 10.1. The first-order chi connectivity index (χ1) is 14.1. The molecule has 1 N–H and O–H groups in total. The molecular formula is C21H27IN6O2. The highest BCUT2D eigenvalue weighted by Gasteiger charge is 2.27. The van der Waals surface area contributed by atoms with Crippen molar-refractivity contribution < 1.29 is 9.21 Å². The van der Waals surface area contributed by atoms with Gasteiger partial charge in [0.25, 0.3) is 0 Å². The average molecular weight is 522 g/mol. The third kappa shape index (κ3) is 4.45. The van der Waals surface area contributed by atoms with Crippen molar-refractivity contribution in [1.82, 2.24) is 20.0 Å². The zero-order valence-corrected chi connectivity index (χ0v) is 19.8. The Kier molecular flexibility index (Phi) is 7.01. The molecule has 1 amide bonds. The van der Waals surface area contributed by atoms with Crippen LogP contribution in [0.25, 0.3) is 11.0 Å². The Morgan fingerprint density at radius 1 is 1.30 bits per heavy atom. The molecule has 3 aromatic rings. The quantitative estimate of drug-likeness (QED) is 0.324. The molecule has 1 aromatic carbocycles. The smallest absolute Gasteiger partial charge is 0.246 e. The molecule has 0 radical (unpaired) electrons. The minimum Gasteiger partial charge on any atom is -0.459 e. The van der Waals surface area contributed by atoms with E-state index >= 15 is 0 Å². The van der Waals surface area contributed by atoms with Crippen LogP contribution in [-0.2, 0) is 18.4 Å². The molecule has 0 spiro atoms. The average Bonchev–Trinajstić information content (AvgIpc) is 3.29. The second-order valence-electron chi connectivity index (χ2n) is 7.16. The van der Waals surface area contributed by atoms with Crippen molar-refractivity contribution in [2.45, 2.75) is 20.4 Å². The van der Waals surface area contributed by atoms with E-state index in [1.807, 2.05) is 43.3 Å². The summed E-state index contributed by atoms with van der Waals surface area (Å²) in [6.45, 7) is 6.81. The molecule has 1 aliphatic heterocycles. The fraction of sp³-hybridized carbons (Fsp3) is 0.381. The van der Waals surface area contributed by atoms with Crippen molar-refractivity contribution in [3.8, 4) is 0 Å². The maximum atomic E-state index is 12.7. The Morgan fingerprint density at radius 2 is 2.10 bits per heavy atom. The van der Waals surface area contributed by atoms with Crippen LogP contribution in [0.5, 0.6) is 0 Å². The van der Waals surface area contributed by atoms with Crippen molar-refractivity contribution in [2.75, 3.05) is 31.1 Å². The van der Waals surface area contributed by atoms with E-state index in [1.54, 1.807) is 15.8 Å². The summed E-state index contributed by atoms with van der Waals surface area (Å²) in [6, 6.07) is 8.01. The molecule has 1 saturated heterocycles. The van der Waals surface area contributed by atoms with E-state index in [1.165, 1.54) is 0 Å². The number of rotatable bonds is 4. The first kappa shape index (κ1) is 22.1. The maximum Gasteiger partial charge on any atom is 0.246 e. The molecule has 9 heteroatoms. The van der Waals surface area contributed by atoms with E-state index < -0.39 is 0 Å². The van der Waals surface area contributed by atoms with Crippen LogP contribution in [0.2, 0.25) is 0 Å². The van der Waals surface area contributed by atoms with Crippen LogP contribution in [0.3, 0.4) is 0 Å². The summed E-state index contributed by atoms with van der Waals surface area (Å²) in [7, 11) is 1.85. The molecule has 1 aliphatic rings. The minimum atomic E-state index is 0. The summed E-state index contributed by atoms with van der Waals surface area (Å²) in [5.41, 5.74) is 2.81. The molecule has 0 aliphatic carbocycles. The van der Waals surface area contributed by atoms with Crippen molar-refractivity contribution in [3.05, 3.63) is 48.0 Å². The minimum absolute atomic E-state index is 0. The maximum absolute atomic E-state index is 12.7. The van der Waals surface area contributed by atoms with Crippen LogP contribution in [0, 0.1) is 6.92 Å². The second-order valence-corrected chi connectivity index (χ2v) is 7.16. The number of aromatic nitrogens is 2. The first-order valence-corrected chi connectivity index (χ1v) is 9.86. The van der Waals surface area contributed by atoms with Crippen LogP contribution >= 0.6 is 24.0 Å². The van der Waals surface area contributed by atoms with Gasteiger partial charge in [-0.05, 0) is 19.9 Å². The number of amides is 1. The number of carbonyl (C=O) groups is 1. The molecular weight excluding hydrogens is 495 g/mol. The predicted octanol–water partition coefficient (Wildman–Crippen LogP) is 2.91. The van der Waals surface area contributed by atoms with Gasteiger partial charge in [-0.2, -0.15) is 5.10 Å². The van der Waals surface area contributed by atoms with Gasteiger partial charge in [-0.25, -0.2) is 4.99 Å². The number of piperazine rings is 1. The highest BCUT2D eigenvalue weighted by Crippen LogP contribution is 2.25. The fourth-order valence-electron chi connectivity index (χ4n) is 3.62. The molecule has 8 nitrogen and oxygen atoms in total. The molecule has 3 heterocycles. The zero-order chi connectivity index (χ0) is 20.4. The van der Waals surface area contributed by atoms with Gasteiger partial charge < -0.3 is 19.5 Å². The molecule has 0 unspecified atom stereocenters. The van der Waals surface area contributed by atoms with E-state index in [-0.39, 0.29) is 36.4 Å². The number of furan rings is 1. The lowest BCUT2D eigenvalue weighted by molar-refractivity contribution is -0.120. The molecule has 2 aromatic heterocycles. The van der Waals surface area contributed by atoms with E-state index in [2.05, 4.69) is 23.4 Å². The number of aliphatic imine (C=N–C) groups is 1. The molecule has 160 valence electrons. The van der Waals surface area contributed by atoms with Crippen LogP contribution in [-0.4, -0.2) is 52.7 Å². The SMILES string of the molecule is CCNC(=NCc1oc2ccccc2c1C)N1CCN(c2cnn(C)c2)C(=O)C1.I. The van der Waals surface area contributed by atoms with Crippen LogP contribution in [0.15, 0.2) is 46.1 Å². The number of aryl methyl sites for hydroxylation is 2. The second kappa shape index (κ2) is 9.50. The lowest BCUT2D eigenvalue weighted by Crippen LogP contribution is -2.55.